The van der Waals surface area contributed by atoms with E-state index in [4.69, 9.17) is 0 Å². The topological polar surface area (TPSA) is 82.9 Å². The highest BCUT2D eigenvalue weighted by molar-refractivity contribution is 6.02. The molecule has 0 saturated heterocycles. The van der Waals surface area contributed by atoms with E-state index in [2.05, 4.69) is 15.3 Å². The third kappa shape index (κ3) is 5.36. The minimum absolute atomic E-state index is 0.0782. The Morgan fingerprint density at radius 3 is 2.22 bits per heavy atom. The van der Waals surface area contributed by atoms with Gasteiger partial charge in [0.25, 0.3) is 0 Å². The second-order valence-electron chi connectivity index (χ2n) is 4.97. The maximum atomic E-state index is 11.5. The molecule has 6 nitrogen and oxygen atoms in total. The number of aromatic nitrogens is 3. The number of carbonyl (C=O) groups excluding carboxylic acids is 1. The first-order valence-corrected chi connectivity index (χ1v) is 9.58. The van der Waals surface area contributed by atoms with Gasteiger partial charge in [0, 0.05) is 20.3 Å². The monoisotopic (exact) mass is 374 g/mol. The molecule has 3 rings (SSSR count). The fourth-order valence-corrected chi connectivity index (χ4v) is 2.40. The quantitative estimate of drug-likeness (QED) is 0.521. The van der Waals surface area contributed by atoms with Gasteiger partial charge in [-0.1, -0.05) is 41.5 Å². The van der Waals surface area contributed by atoms with Gasteiger partial charge in [0.05, 0.1) is 22.5 Å². The number of phenolic OH excluding ortho intramolecular Hbond substituents is 1. The van der Waals surface area contributed by atoms with Crippen molar-refractivity contribution >= 4 is 22.5 Å². The summed E-state index contributed by atoms with van der Waals surface area (Å²) in [4.78, 5) is 19.1. The third-order valence-corrected chi connectivity index (χ3v) is 3.54. The minimum Gasteiger partial charge on any atom is -0.505 e. The maximum Gasteiger partial charge on any atom is 0.163 e. The average Bonchev–Trinajstić information content (AvgIpc) is 3.30. The summed E-state index contributed by atoms with van der Waals surface area (Å²) in [5.74, 6) is 0.380. The Bertz CT molecular complexity index is 847. The number of hydrogen-bond acceptors (Lipinski definition) is 4. The van der Waals surface area contributed by atoms with Crippen LogP contribution in [-0.4, -0.2) is 32.5 Å². The molecule has 2 heterocycles. The van der Waals surface area contributed by atoms with Gasteiger partial charge in [0.15, 0.2) is 17.4 Å². The van der Waals surface area contributed by atoms with Gasteiger partial charge in [-0.2, -0.15) is 0 Å². The smallest absolute Gasteiger partial charge is 0.163 e. The normalized spacial score (nSPS) is 9.22. The molecule has 0 radical (unpaired) electrons. The van der Waals surface area contributed by atoms with Crippen LogP contribution in [0.25, 0.3) is 22.6 Å². The van der Waals surface area contributed by atoms with Crippen LogP contribution < -0.4 is 5.32 Å². The van der Waals surface area contributed by atoms with Crippen LogP contribution in [0.5, 0.6) is 5.75 Å². The minimum atomic E-state index is -0.185. The number of aromatic amines is 1. The molecule has 0 bridgehead atoms. The van der Waals surface area contributed by atoms with Crippen LogP contribution in [0.2, 0.25) is 0 Å². The van der Waals surface area contributed by atoms with Gasteiger partial charge in [0.1, 0.15) is 5.52 Å². The van der Waals surface area contributed by atoms with Gasteiger partial charge in [-0.05, 0) is 25.1 Å². The van der Waals surface area contributed by atoms with Crippen LogP contribution in [-0.2, 0) is 7.05 Å². The lowest BCUT2D eigenvalue weighted by atomic mass is 10.1. The molecule has 0 spiro atoms. The second-order valence-corrected chi connectivity index (χ2v) is 4.97. The molecule has 1 aromatic carbocycles. The van der Waals surface area contributed by atoms with Crippen molar-refractivity contribution in [2.24, 2.45) is 7.05 Å². The fourth-order valence-electron chi connectivity index (χ4n) is 2.40. The Balaban J connectivity index is 0.00000103. The molecule has 0 fully saturated rings. The van der Waals surface area contributed by atoms with Gasteiger partial charge in [-0.3, -0.25) is 4.79 Å². The largest absolute Gasteiger partial charge is 0.505 e. The first-order valence-electron chi connectivity index (χ1n) is 9.58. The molecular weight excluding hydrogens is 340 g/mol. The number of aromatic hydroxyl groups is 1. The highest BCUT2D eigenvalue weighted by Gasteiger charge is 2.16. The number of H-pyrrole nitrogens is 1. The lowest BCUT2D eigenvalue weighted by molar-refractivity contribution is 0.101. The number of nitrogens with one attached hydrogen (secondary N) is 2. The van der Waals surface area contributed by atoms with E-state index in [1.165, 1.54) is 6.92 Å². The van der Waals surface area contributed by atoms with Crippen LogP contribution in [0.3, 0.4) is 0 Å². The Kier molecular flexibility index (Phi) is 10.6. The molecule has 0 unspecified atom stereocenters. The molecule has 3 N–H and O–H groups in total. The highest BCUT2D eigenvalue weighted by atomic mass is 16.3. The van der Waals surface area contributed by atoms with Crippen LogP contribution in [0, 0.1) is 0 Å². The molecule has 0 aliphatic carbocycles. The molecular formula is C21H34N4O2. The number of rotatable bonds is 3. The zero-order valence-corrected chi connectivity index (χ0v) is 18.1. The van der Waals surface area contributed by atoms with Crippen molar-refractivity contribution in [2.75, 3.05) is 12.4 Å². The second kappa shape index (κ2) is 11.8. The van der Waals surface area contributed by atoms with Gasteiger partial charge in [-0.15, -0.1) is 0 Å². The van der Waals surface area contributed by atoms with Crippen LogP contribution >= 0.6 is 0 Å². The van der Waals surface area contributed by atoms with E-state index in [0.717, 1.165) is 11.4 Å². The Morgan fingerprint density at radius 2 is 1.74 bits per heavy atom. The van der Waals surface area contributed by atoms with Crippen LogP contribution in [0.15, 0.2) is 24.4 Å². The number of phenols is 1. The maximum absolute atomic E-state index is 11.5. The highest BCUT2D eigenvalue weighted by Crippen LogP contribution is 2.31. The summed E-state index contributed by atoms with van der Waals surface area (Å²) in [6.07, 6.45) is 1.95. The van der Waals surface area contributed by atoms with Crippen LogP contribution in [0.1, 0.15) is 58.8 Å². The van der Waals surface area contributed by atoms with Crippen molar-refractivity contribution in [1.29, 1.82) is 0 Å². The zero-order chi connectivity index (χ0) is 21.1. The van der Waals surface area contributed by atoms with Crippen molar-refractivity contribution < 1.29 is 9.90 Å². The van der Waals surface area contributed by atoms with E-state index in [1.54, 1.807) is 12.1 Å². The number of carbonyl (C=O) groups is 1. The number of aryl methyl sites for hydroxylation is 1. The molecule has 0 amide bonds. The van der Waals surface area contributed by atoms with Gasteiger partial charge >= 0.3 is 0 Å². The standard InChI is InChI=1S/C15H16N4O2.3C2H6/c1-8(20)10-4-5-11-13(14(10)21)18-15(17-11)12-6-9(16-2)7-19(12)3;3*1-2/h4-7,16,21H,1-3H3,(H,17,18);3*1-2H3. The Labute approximate surface area is 162 Å². The third-order valence-electron chi connectivity index (χ3n) is 3.54. The number of ketones is 1. The summed E-state index contributed by atoms with van der Waals surface area (Å²) in [6, 6.07) is 5.32. The molecule has 27 heavy (non-hydrogen) atoms. The zero-order valence-electron chi connectivity index (χ0n) is 18.1. The first kappa shape index (κ1) is 24.2. The van der Waals surface area contributed by atoms with E-state index < -0.39 is 0 Å². The predicted molar refractivity (Wildman–Crippen MR) is 116 cm³/mol. The number of Topliss-reactive ketones (excluding diaryl/α,β-unsaturated/α-hetero) is 1. The Hall–Kier alpha value is -2.76. The van der Waals surface area contributed by atoms with Crippen molar-refractivity contribution in [3.63, 3.8) is 0 Å². The van der Waals surface area contributed by atoms with E-state index in [9.17, 15) is 9.90 Å². The van der Waals surface area contributed by atoms with Crippen molar-refractivity contribution in [2.45, 2.75) is 48.5 Å². The number of fused-ring (bicyclic) bond motifs is 1. The summed E-state index contributed by atoms with van der Waals surface area (Å²) < 4.78 is 1.94. The summed E-state index contributed by atoms with van der Waals surface area (Å²) in [6.45, 7) is 13.4. The number of anilines is 1. The molecule has 6 heteroatoms. The van der Waals surface area contributed by atoms with E-state index >= 15 is 0 Å². The van der Waals surface area contributed by atoms with Crippen molar-refractivity contribution in [3.8, 4) is 17.3 Å². The number of nitrogens with zero attached hydrogens (tertiary/aromatic N) is 2. The molecule has 0 saturated carbocycles. The number of imidazole rings is 1. The molecule has 0 atom stereocenters. The van der Waals surface area contributed by atoms with E-state index in [1.807, 2.05) is 72.5 Å². The SMILES string of the molecule is CC.CC.CC.CNc1cc(-c2nc3c(O)c(C(C)=O)ccc3[nH]2)n(C)c1. The fraction of sp³-hybridized carbons (Fsp3) is 0.429. The van der Waals surface area contributed by atoms with Gasteiger partial charge in [-0.25, -0.2) is 4.98 Å². The predicted octanol–water partition coefficient (Wildman–Crippen LogP) is 5.60. The lowest BCUT2D eigenvalue weighted by Gasteiger charge is -1.99. The number of hydrogen-bond donors (Lipinski definition) is 3. The van der Waals surface area contributed by atoms with Crippen molar-refractivity contribution in [1.82, 2.24) is 14.5 Å². The molecule has 2 aromatic heterocycles. The molecule has 150 valence electrons. The van der Waals surface area contributed by atoms with Gasteiger partial charge < -0.3 is 20.0 Å². The lowest BCUT2D eigenvalue weighted by Crippen LogP contribution is -1.92. The number of benzene rings is 1. The summed E-state index contributed by atoms with van der Waals surface area (Å²) in [5, 5.41) is 13.2. The summed E-state index contributed by atoms with van der Waals surface area (Å²) >= 11 is 0. The average molecular weight is 375 g/mol. The summed E-state index contributed by atoms with van der Waals surface area (Å²) in [5.41, 5.74) is 3.24. The van der Waals surface area contributed by atoms with E-state index in [0.29, 0.717) is 16.9 Å². The first-order chi connectivity index (χ1) is 13.0. The Morgan fingerprint density at radius 1 is 1.15 bits per heavy atom. The molecule has 0 aliphatic heterocycles. The van der Waals surface area contributed by atoms with E-state index in [-0.39, 0.29) is 17.1 Å². The summed E-state index contributed by atoms with van der Waals surface area (Å²) in [7, 11) is 3.77. The molecule has 0 aliphatic rings. The van der Waals surface area contributed by atoms with Crippen molar-refractivity contribution in [3.05, 3.63) is 30.0 Å². The molecule has 3 aromatic rings. The van der Waals surface area contributed by atoms with Crippen LogP contribution in [0.4, 0.5) is 5.69 Å². The van der Waals surface area contributed by atoms with Gasteiger partial charge in [0.2, 0.25) is 0 Å².